The summed E-state index contributed by atoms with van der Waals surface area (Å²) in [6.07, 6.45) is 5.63. The quantitative estimate of drug-likeness (QED) is 0.791. The number of likely N-dealkylation sites (N-methyl/N-ethyl adjacent to an activating group) is 1. The lowest BCUT2D eigenvalue weighted by Gasteiger charge is -2.21. The minimum absolute atomic E-state index is 0.196. The van der Waals surface area contributed by atoms with Crippen molar-refractivity contribution >= 4 is 11.4 Å². The maximum atomic E-state index is 8.95. The molecular weight excluding hydrogens is 236 g/mol. The summed E-state index contributed by atoms with van der Waals surface area (Å²) in [6.45, 7) is 0.876. The predicted molar refractivity (Wildman–Crippen MR) is 79.7 cm³/mol. The summed E-state index contributed by atoms with van der Waals surface area (Å²) in [5.74, 6) is 1.84. The number of hydrogen-bond donors (Lipinski definition) is 2. The van der Waals surface area contributed by atoms with Crippen LogP contribution in [0, 0.1) is 11.8 Å². The van der Waals surface area contributed by atoms with Crippen LogP contribution in [0.1, 0.15) is 25.7 Å². The first kappa shape index (κ1) is 12.8. The molecule has 2 N–H and O–H groups in total. The second kappa shape index (κ2) is 5.41. The van der Waals surface area contributed by atoms with Gasteiger partial charge in [0.25, 0.3) is 0 Å². The summed E-state index contributed by atoms with van der Waals surface area (Å²) in [4.78, 5) is 2.07. The van der Waals surface area contributed by atoms with Crippen molar-refractivity contribution < 1.29 is 5.11 Å². The first-order chi connectivity index (χ1) is 9.28. The van der Waals surface area contributed by atoms with Gasteiger partial charge in [-0.25, -0.2) is 0 Å². The highest BCUT2D eigenvalue weighted by molar-refractivity contribution is 5.55. The van der Waals surface area contributed by atoms with Crippen molar-refractivity contribution in [2.75, 3.05) is 30.4 Å². The van der Waals surface area contributed by atoms with Gasteiger partial charge in [-0.05, 0) is 61.8 Å². The molecule has 0 atom stereocenters. The van der Waals surface area contributed by atoms with E-state index < -0.39 is 0 Å². The molecular formula is C16H24N2O. The van der Waals surface area contributed by atoms with Crippen molar-refractivity contribution in [1.29, 1.82) is 0 Å². The van der Waals surface area contributed by atoms with Crippen molar-refractivity contribution in [2.45, 2.75) is 31.7 Å². The number of hydrogen-bond acceptors (Lipinski definition) is 3. The van der Waals surface area contributed by atoms with E-state index in [4.69, 9.17) is 5.11 Å². The van der Waals surface area contributed by atoms with Gasteiger partial charge in [-0.1, -0.05) is 0 Å². The minimum Gasteiger partial charge on any atom is -0.395 e. The topological polar surface area (TPSA) is 35.5 Å². The molecule has 2 aliphatic rings. The summed E-state index contributed by atoms with van der Waals surface area (Å²) >= 11 is 0. The van der Waals surface area contributed by atoms with E-state index in [0.29, 0.717) is 12.6 Å². The van der Waals surface area contributed by atoms with Crippen LogP contribution in [0.15, 0.2) is 24.3 Å². The van der Waals surface area contributed by atoms with Crippen LogP contribution < -0.4 is 10.2 Å². The van der Waals surface area contributed by atoms with Crippen molar-refractivity contribution in [3.63, 3.8) is 0 Å². The largest absolute Gasteiger partial charge is 0.395 e. The zero-order chi connectivity index (χ0) is 13.2. The van der Waals surface area contributed by atoms with Crippen LogP contribution in [0.2, 0.25) is 0 Å². The molecule has 0 amide bonds. The first-order valence-electron chi connectivity index (χ1n) is 7.46. The molecule has 1 aromatic rings. The van der Waals surface area contributed by atoms with Crippen molar-refractivity contribution in [1.82, 2.24) is 0 Å². The maximum absolute atomic E-state index is 8.95. The molecule has 0 saturated heterocycles. The van der Waals surface area contributed by atoms with Crippen LogP contribution in [0.5, 0.6) is 0 Å². The number of rotatable bonds is 7. The highest BCUT2D eigenvalue weighted by Crippen LogP contribution is 2.45. The Kier molecular flexibility index (Phi) is 3.65. The predicted octanol–water partition coefficient (Wildman–Crippen LogP) is 2.72. The van der Waals surface area contributed by atoms with E-state index in [1.54, 1.807) is 0 Å². The van der Waals surface area contributed by atoms with Gasteiger partial charge in [-0.3, -0.25) is 0 Å². The summed E-state index contributed by atoms with van der Waals surface area (Å²) in [5.41, 5.74) is 2.40. The number of benzene rings is 1. The van der Waals surface area contributed by atoms with Gasteiger partial charge < -0.3 is 15.3 Å². The molecule has 2 aliphatic carbocycles. The highest BCUT2D eigenvalue weighted by atomic mass is 16.3. The van der Waals surface area contributed by atoms with Gasteiger partial charge >= 0.3 is 0 Å². The molecule has 1 aromatic carbocycles. The molecule has 3 rings (SSSR count). The van der Waals surface area contributed by atoms with Gasteiger partial charge in [0.1, 0.15) is 0 Å². The van der Waals surface area contributed by atoms with Crippen LogP contribution in [0.4, 0.5) is 11.4 Å². The average Bonchev–Trinajstić information content (AvgIpc) is 3.30. The average molecular weight is 260 g/mol. The van der Waals surface area contributed by atoms with Gasteiger partial charge in [0.15, 0.2) is 0 Å². The normalized spacial score (nSPS) is 18.7. The molecule has 0 aliphatic heterocycles. The van der Waals surface area contributed by atoms with Crippen LogP contribution in [-0.4, -0.2) is 31.3 Å². The Morgan fingerprint density at radius 2 is 1.74 bits per heavy atom. The monoisotopic (exact) mass is 260 g/mol. The molecule has 0 radical (unpaired) electrons. The SMILES string of the molecule is CN(CCO)c1ccc(NC(C2CC2)C2CC2)cc1. The Hall–Kier alpha value is -1.22. The van der Waals surface area contributed by atoms with Gasteiger partial charge in [0.05, 0.1) is 6.61 Å². The number of nitrogens with one attached hydrogen (secondary N) is 1. The fourth-order valence-corrected chi connectivity index (χ4v) is 2.81. The van der Waals surface area contributed by atoms with Crippen LogP contribution >= 0.6 is 0 Å². The standard InChI is InChI=1S/C16H24N2O/c1-18(10-11-19)15-8-6-14(7-9-15)17-16(12-2-3-12)13-4-5-13/h6-9,12-13,16-17,19H,2-5,10-11H2,1H3. The van der Waals surface area contributed by atoms with Crippen LogP contribution in [0.3, 0.4) is 0 Å². The molecule has 0 aromatic heterocycles. The Morgan fingerprint density at radius 1 is 1.16 bits per heavy atom. The molecule has 104 valence electrons. The number of nitrogens with zero attached hydrogens (tertiary/aromatic N) is 1. The van der Waals surface area contributed by atoms with Gasteiger partial charge in [-0.15, -0.1) is 0 Å². The molecule has 0 spiro atoms. The fraction of sp³-hybridized carbons (Fsp3) is 0.625. The third kappa shape index (κ3) is 3.21. The molecule has 19 heavy (non-hydrogen) atoms. The lowest BCUT2D eigenvalue weighted by molar-refractivity contribution is 0.304. The lowest BCUT2D eigenvalue weighted by Crippen LogP contribution is -2.24. The van der Waals surface area contributed by atoms with Crippen LogP contribution in [0.25, 0.3) is 0 Å². The van der Waals surface area contributed by atoms with Crippen molar-refractivity contribution in [3.05, 3.63) is 24.3 Å². The third-order valence-corrected chi connectivity index (χ3v) is 4.34. The zero-order valence-electron chi connectivity index (χ0n) is 11.7. The van der Waals surface area contributed by atoms with E-state index in [0.717, 1.165) is 17.5 Å². The first-order valence-corrected chi connectivity index (χ1v) is 7.46. The number of anilines is 2. The van der Waals surface area contributed by atoms with E-state index in [-0.39, 0.29) is 6.61 Å². The number of aliphatic hydroxyl groups excluding tert-OH is 1. The summed E-state index contributed by atoms with van der Waals surface area (Å²) in [6, 6.07) is 9.31. The van der Waals surface area contributed by atoms with Gasteiger partial charge in [0.2, 0.25) is 0 Å². The molecule has 3 nitrogen and oxygen atoms in total. The molecule has 2 saturated carbocycles. The molecule has 2 fully saturated rings. The summed E-state index contributed by atoms with van der Waals surface area (Å²) in [5, 5.41) is 12.7. The Bertz CT molecular complexity index is 397. The zero-order valence-corrected chi connectivity index (χ0v) is 11.7. The second-order valence-corrected chi connectivity index (χ2v) is 6.04. The van der Waals surface area contributed by atoms with E-state index in [1.807, 2.05) is 7.05 Å². The highest BCUT2D eigenvalue weighted by Gasteiger charge is 2.41. The van der Waals surface area contributed by atoms with Gasteiger partial charge in [-0.2, -0.15) is 0 Å². The second-order valence-electron chi connectivity index (χ2n) is 6.04. The Balaban J connectivity index is 1.61. The van der Waals surface area contributed by atoms with Crippen molar-refractivity contribution in [3.8, 4) is 0 Å². The Labute approximate surface area is 115 Å². The van der Waals surface area contributed by atoms with E-state index in [9.17, 15) is 0 Å². The van der Waals surface area contributed by atoms with E-state index in [1.165, 1.54) is 31.4 Å². The number of aliphatic hydroxyl groups is 1. The van der Waals surface area contributed by atoms with Gasteiger partial charge in [0, 0.05) is 31.0 Å². The molecule has 0 unspecified atom stereocenters. The molecule has 0 bridgehead atoms. The van der Waals surface area contributed by atoms with E-state index in [2.05, 4.69) is 34.5 Å². The third-order valence-electron chi connectivity index (χ3n) is 4.34. The van der Waals surface area contributed by atoms with Crippen molar-refractivity contribution in [2.24, 2.45) is 11.8 Å². The molecule has 3 heteroatoms. The summed E-state index contributed by atoms with van der Waals surface area (Å²) in [7, 11) is 2.01. The maximum Gasteiger partial charge on any atom is 0.0606 e. The molecule has 0 heterocycles. The summed E-state index contributed by atoms with van der Waals surface area (Å²) < 4.78 is 0. The smallest absolute Gasteiger partial charge is 0.0606 e. The Morgan fingerprint density at radius 3 is 2.21 bits per heavy atom. The van der Waals surface area contributed by atoms with E-state index >= 15 is 0 Å². The fourth-order valence-electron chi connectivity index (χ4n) is 2.81. The van der Waals surface area contributed by atoms with Crippen LogP contribution in [-0.2, 0) is 0 Å². The lowest BCUT2D eigenvalue weighted by atomic mass is 10.1. The minimum atomic E-state index is 0.196.